The smallest absolute Gasteiger partial charge is 0.219 e. The van der Waals surface area contributed by atoms with Crippen LogP contribution in [-0.2, 0) is 4.79 Å². The van der Waals surface area contributed by atoms with Crippen molar-refractivity contribution in [2.24, 2.45) is 0 Å². The molecule has 1 aliphatic rings. The zero-order valence-electron chi connectivity index (χ0n) is 7.80. The lowest BCUT2D eigenvalue weighted by atomic mass is 10.2. The number of thioether (sulfide) groups is 1. The molecule has 0 radical (unpaired) electrons. The quantitative estimate of drug-likeness (QED) is 0.730. The maximum Gasteiger partial charge on any atom is 0.219 e. The van der Waals surface area contributed by atoms with Gasteiger partial charge in [0.1, 0.15) is 0 Å². The number of hydrogen-bond acceptors (Lipinski definition) is 2. The Morgan fingerprint density at radius 1 is 1.58 bits per heavy atom. The Kier molecular flexibility index (Phi) is 3.92. The van der Waals surface area contributed by atoms with Crippen molar-refractivity contribution < 1.29 is 4.79 Å². The molecule has 0 spiro atoms. The lowest BCUT2D eigenvalue weighted by molar-refractivity contribution is -0.121. The van der Waals surface area contributed by atoms with Crippen LogP contribution >= 0.6 is 11.8 Å². The highest BCUT2D eigenvalue weighted by Gasteiger charge is 2.24. The van der Waals surface area contributed by atoms with Gasteiger partial charge in [0.15, 0.2) is 0 Å². The monoisotopic (exact) mass is 187 g/mol. The second kappa shape index (κ2) is 4.75. The molecule has 2 atom stereocenters. The van der Waals surface area contributed by atoms with Gasteiger partial charge in [-0.2, -0.15) is 11.8 Å². The van der Waals surface area contributed by atoms with E-state index in [1.165, 1.54) is 6.42 Å². The molecule has 2 nitrogen and oxygen atoms in total. The Bertz CT molecular complexity index is 161. The van der Waals surface area contributed by atoms with Gasteiger partial charge in [-0.3, -0.25) is 4.79 Å². The molecular weight excluding hydrogens is 170 g/mol. The molecule has 3 heteroatoms. The fraction of sp³-hybridized carbons (Fsp3) is 0.889. The average molecular weight is 187 g/mol. The SMILES string of the molecule is CCC(=O)NC1CCC(SC)C1. The number of carbonyl (C=O) groups is 1. The molecule has 1 amide bonds. The molecular formula is C9H17NOS. The van der Waals surface area contributed by atoms with E-state index >= 15 is 0 Å². The summed E-state index contributed by atoms with van der Waals surface area (Å²) in [5.41, 5.74) is 0. The summed E-state index contributed by atoms with van der Waals surface area (Å²) in [4.78, 5) is 11.0. The predicted molar refractivity (Wildman–Crippen MR) is 53.4 cm³/mol. The maximum atomic E-state index is 11.0. The third-order valence-corrected chi connectivity index (χ3v) is 3.50. The van der Waals surface area contributed by atoms with Crippen LogP contribution in [0.15, 0.2) is 0 Å². The Hall–Kier alpha value is -0.180. The van der Waals surface area contributed by atoms with E-state index in [9.17, 15) is 4.79 Å². The van der Waals surface area contributed by atoms with Crippen LogP contribution in [0.4, 0.5) is 0 Å². The molecule has 2 unspecified atom stereocenters. The van der Waals surface area contributed by atoms with E-state index in [0.717, 1.165) is 18.1 Å². The van der Waals surface area contributed by atoms with Gasteiger partial charge in [0, 0.05) is 17.7 Å². The van der Waals surface area contributed by atoms with E-state index in [-0.39, 0.29) is 5.91 Å². The molecule has 0 aromatic rings. The van der Waals surface area contributed by atoms with Gasteiger partial charge in [-0.25, -0.2) is 0 Å². The summed E-state index contributed by atoms with van der Waals surface area (Å²) < 4.78 is 0. The summed E-state index contributed by atoms with van der Waals surface area (Å²) in [5.74, 6) is 0.196. The predicted octanol–water partition coefficient (Wildman–Crippen LogP) is 1.80. The highest BCUT2D eigenvalue weighted by Crippen LogP contribution is 2.27. The summed E-state index contributed by atoms with van der Waals surface area (Å²) in [6.45, 7) is 1.90. The van der Waals surface area contributed by atoms with Crippen LogP contribution in [0.5, 0.6) is 0 Å². The zero-order chi connectivity index (χ0) is 8.97. The molecule has 1 saturated carbocycles. The van der Waals surface area contributed by atoms with Gasteiger partial charge >= 0.3 is 0 Å². The van der Waals surface area contributed by atoms with Crippen LogP contribution in [0.2, 0.25) is 0 Å². The second-order valence-corrected chi connectivity index (χ2v) is 4.43. The third-order valence-electron chi connectivity index (χ3n) is 2.40. The van der Waals surface area contributed by atoms with Crippen LogP contribution in [-0.4, -0.2) is 23.5 Å². The molecule has 0 bridgehead atoms. The summed E-state index contributed by atoms with van der Waals surface area (Å²) in [6, 6.07) is 0.454. The molecule has 1 aliphatic carbocycles. The lowest BCUT2D eigenvalue weighted by Gasteiger charge is -2.11. The van der Waals surface area contributed by atoms with Crippen LogP contribution in [0.25, 0.3) is 0 Å². The van der Waals surface area contributed by atoms with E-state index in [2.05, 4.69) is 11.6 Å². The fourth-order valence-electron chi connectivity index (χ4n) is 1.62. The highest BCUT2D eigenvalue weighted by atomic mass is 32.2. The number of hydrogen-bond donors (Lipinski definition) is 1. The van der Waals surface area contributed by atoms with Gasteiger partial charge in [-0.1, -0.05) is 6.92 Å². The van der Waals surface area contributed by atoms with E-state index in [1.807, 2.05) is 18.7 Å². The van der Waals surface area contributed by atoms with Gasteiger partial charge in [0.2, 0.25) is 5.91 Å². The first-order valence-corrected chi connectivity index (χ1v) is 5.87. The third kappa shape index (κ3) is 2.70. The molecule has 1 N–H and O–H groups in total. The van der Waals surface area contributed by atoms with E-state index < -0.39 is 0 Å². The fourth-order valence-corrected chi connectivity index (χ4v) is 2.41. The second-order valence-electron chi connectivity index (χ2n) is 3.29. The maximum absolute atomic E-state index is 11.0. The average Bonchev–Trinajstić information content (AvgIpc) is 2.52. The number of carbonyl (C=O) groups excluding carboxylic acids is 1. The van der Waals surface area contributed by atoms with Gasteiger partial charge < -0.3 is 5.32 Å². The minimum atomic E-state index is 0.196. The molecule has 1 fully saturated rings. The van der Waals surface area contributed by atoms with Crippen LogP contribution in [0.1, 0.15) is 32.6 Å². The molecule has 0 heterocycles. The largest absolute Gasteiger partial charge is 0.353 e. The van der Waals surface area contributed by atoms with Crippen molar-refractivity contribution >= 4 is 17.7 Å². The molecule has 1 rings (SSSR count). The zero-order valence-corrected chi connectivity index (χ0v) is 8.62. The number of nitrogens with one attached hydrogen (secondary N) is 1. The van der Waals surface area contributed by atoms with Gasteiger partial charge in [-0.15, -0.1) is 0 Å². The van der Waals surface area contributed by atoms with Gasteiger partial charge in [0.25, 0.3) is 0 Å². The Morgan fingerprint density at radius 2 is 2.33 bits per heavy atom. The van der Waals surface area contributed by atoms with Crippen molar-refractivity contribution in [3.63, 3.8) is 0 Å². The Labute approximate surface area is 78.5 Å². The minimum Gasteiger partial charge on any atom is -0.353 e. The van der Waals surface area contributed by atoms with Crippen molar-refractivity contribution in [3.8, 4) is 0 Å². The van der Waals surface area contributed by atoms with Crippen molar-refractivity contribution in [2.45, 2.75) is 43.9 Å². The summed E-state index contributed by atoms with van der Waals surface area (Å²) >= 11 is 1.92. The minimum absolute atomic E-state index is 0.196. The highest BCUT2D eigenvalue weighted by molar-refractivity contribution is 7.99. The summed E-state index contributed by atoms with van der Waals surface area (Å²) in [5, 5.41) is 3.81. The van der Waals surface area contributed by atoms with E-state index in [4.69, 9.17) is 0 Å². The summed E-state index contributed by atoms with van der Waals surface area (Å²) in [6.07, 6.45) is 6.34. The van der Waals surface area contributed by atoms with Gasteiger partial charge in [0.05, 0.1) is 0 Å². The van der Waals surface area contributed by atoms with Crippen molar-refractivity contribution in [1.29, 1.82) is 0 Å². The van der Waals surface area contributed by atoms with Crippen molar-refractivity contribution in [2.75, 3.05) is 6.26 Å². The molecule has 12 heavy (non-hydrogen) atoms. The van der Waals surface area contributed by atoms with Crippen LogP contribution in [0.3, 0.4) is 0 Å². The van der Waals surface area contributed by atoms with Crippen LogP contribution < -0.4 is 5.32 Å². The summed E-state index contributed by atoms with van der Waals surface area (Å²) in [7, 11) is 0. The molecule has 0 aromatic heterocycles. The topological polar surface area (TPSA) is 29.1 Å². The first-order valence-electron chi connectivity index (χ1n) is 4.58. The van der Waals surface area contributed by atoms with Crippen LogP contribution in [0, 0.1) is 0 Å². The van der Waals surface area contributed by atoms with Gasteiger partial charge in [-0.05, 0) is 25.5 Å². The van der Waals surface area contributed by atoms with E-state index in [1.54, 1.807) is 0 Å². The Morgan fingerprint density at radius 3 is 2.83 bits per heavy atom. The number of rotatable bonds is 3. The molecule has 0 aromatic carbocycles. The Balaban J connectivity index is 2.23. The lowest BCUT2D eigenvalue weighted by Crippen LogP contribution is -2.32. The first-order chi connectivity index (χ1) is 5.76. The van der Waals surface area contributed by atoms with Crippen molar-refractivity contribution in [1.82, 2.24) is 5.32 Å². The standard InChI is InChI=1S/C9H17NOS/c1-3-9(11)10-7-4-5-8(6-7)12-2/h7-8H,3-6H2,1-2H3,(H,10,11). The molecule has 0 aliphatic heterocycles. The molecule has 0 saturated heterocycles. The van der Waals surface area contributed by atoms with Crippen molar-refractivity contribution in [3.05, 3.63) is 0 Å². The first kappa shape index (κ1) is 9.90. The number of amides is 1. The normalized spacial score (nSPS) is 28.8. The van der Waals surface area contributed by atoms with E-state index in [0.29, 0.717) is 12.5 Å². The molecule has 70 valence electrons.